The third kappa shape index (κ3) is 2.03. The minimum absolute atomic E-state index is 0.0207. The first-order valence-corrected chi connectivity index (χ1v) is 6.44. The van der Waals surface area contributed by atoms with Gasteiger partial charge in [0.1, 0.15) is 10.4 Å². The molecule has 0 radical (unpaired) electrons. The molecule has 2 aromatic rings. The maximum Gasteiger partial charge on any atom is 0.254 e. The predicted molar refractivity (Wildman–Crippen MR) is 68.9 cm³/mol. The zero-order valence-corrected chi connectivity index (χ0v) is 11.2. The summed E-state index contributed by atoms with van der Waals surface area (Å²) in [6, 6.07) is 3.47. The Hall–Kier alpha value is -1.69. The summed E-state index contributed by atoms with van der Waals surface area (Å²) < 4.78 is 2.75. The van der Waals surface area contributed by atoms with Crippen LogP contribution in [0.2, 0.25) is 0 Å². The van der Waals surface area contributed by atoms with Gasteiger partial charge in [-0.3, -0.25) is 4.79 Å². The van der Waals surface area contributed by atoms with Crippen molar-refractivity contribution in [2.24, 2.45) is 0 Å². The third-order valence-corrected chi connectivity index (χ3v) is 3.44. The molecule has 0 aliphatic carbocycles. The van der Waals surface area contributed by atoms with E-state index in [0.29, 0.717) is 23.3 Å². The quantitative estimate of drug-likeness (QED) is 0.754. The lowest BCUT2D eigenvalue weighted by Crippen LogP contribution is -2.38. The van der Waals surface area contributed by atoms with Crippen LogP contribution in [-0.4, -0.2) is 31.9 Å². The lowest BCUT2D eigenvalue weighted by atomic mass is 10.2. The molecule has 0 N–H and O–H groups in total. The summed E-state index contributed by atoms with van der Waals surface area (Å²) >= 11 is 3.28. The lowest BCUT2D eigenvalue weighted by molar-refractivity contribution is 0.0707. The summed E-state index contributed by atoms with van der Waals surface area (Å²) in [6.45, 7) is 2.07. The van der Waals surface area contributed by atoms with Crippen molar-refractivity contribution in [1.82, 2.24) is 19.4 Å². The number of nitrogens with zero attached hydrogens (tertiary/aromatic N) is 4. The Labute approximate surface area is 113 Å². The van der Waals surface area contributed by atoms with Crippen molar-refractivity contribution in [3.8, 4) is 0 Å². The molecule has 1 aliphatic rings. The number of aromatic nitrogens is 3. The number of carbonyl (C=O) groups is 1. The third-order valence-electron chi connectivity index (χ3n) is 3.01. The fraction of sp³-hybridized carbons (Fsp3) is 0.250. The van der Waals surface area contributed by atoms with E-state index in [0.717, 1.165) is 12.4 Å². The van der Waals surface area contributed by atoms with Gasteiger partial charge in [0.05, 0.1) is 6.54 Å². The van der Waals surface area contributed by atoms with Crippen molar-refractivity contribution >= 4 is 21.8 Å². The molecule has 0 bridgehead atoms. The molecule has 1 aliphatic heterocycles. The molecular weight excluding hydrogens is 296 g/mol. The summed E-state index contributed by atoms with van der Waals surface area (Å²) in [7, 11) is 0. The van der Waals surface area contributed by atoms with E-state index >= 15 is 0 Å². The van der Waals surface area contributed by atoms with Gasteiger partial charge >= 0.3 is 0 Å². The number of hydrogen-bond acceptors (Lipinski definition) is 3. The van der Waals surface area contributed by atoms with E-state index in [4.69, 9.17) is 0 Å². The van der Waals surface area contributed by atoms with Crippen LogP contribution in [0.15, 0.2) is 35.3 Å². The van der Waals surface area contributed by atoms with Crippen molar-refractivity contribution in [3.63, 3.8) is 0 Å². The van der Waals surface area contributed by atoms with Crippen molar-refractivity contribution in [2.45, 2.75) is 13.1 Å². The van der Waals surface area contributed by atoms with Gasteiger partial charge in [-0.2, -0.15) is 0 Å². The molecule has 3 rings (SSSR count). The van der Waals surface area contributed by atoms with E-state index in [1.165, 1.54) is 0 Å². The highest BCUT2D eigenvalue weighted by Gasteiger charge is 2.22. The number of carbonyl (C=O) groups excluding carboxylic acids is 1. The Bertz CT molecular complexity index is 595. The zero-order chi connectivity index (χ0) is 12.5. The average Bonchev–Trinajstić information content (AvgIpc) is 2.85. The van der Waals surface area contributed by atoms with Gasteiger partial charge < -0.3 is 9.47 Å². The van der Waals surface area contributed by atoms with E-state index in [9.17, 15) is 4.79 Å². The van der Waals surface area contributed by atoms with Crippen LogP contribution in [-0.2, 0) is 13.1 Å². The summed E-state index contributed by atoms with van der Waals surface area (Å²) in [4.78, 5) is 22.4. The number of rotatable bonds is 1. The Balaban J connectivity index is 1.83. The fourth-order valence-corrected chi connectivity index (χ4v) is 2.43. The highest BCUT2D eigenvalue weighted by atomic mass is 79.9. The Morgan fingerprint density at radius 1 is 1.28 bits per heavy atom. The first-order valence-electron chi connectivity index (χ1n) is 5.65. The van der Waals surface area contributed by atoms with Gasteiger partial charge in [0.25, 0.3) is 5.91 Å². The van der Waals surface area contributed by atoms with Gasteiger partial charge in [-0.15, -0.1) is 0 Å². The first-order chi connectivity index (χ1) is 8.74. The molecule has 1 amide bonds. The minimum atomic E-state index is 0.0207. The van der Waals surface area contributed by atoms with Crippen LogP contribution in [0, 0.1) is 0 Å². The monoisotopic (exact) mass is 306 g/mol. The highest BCUT2D eigenvalue weighted by molar-refractivity contribution is 9.10. The molecule has 0 aromatic carbocycles. The number of fused-ring (bicyclic) bond motifs is 1. The second-order valence-corrected chi connectivity index (χ2v) is 4.94. The van der Waals surface area contributed by atoms with Crippen molar-refractivity contribution in [1.29, 1.82) is 0 Å². The number of amides is 1. The van der Waals surface area contributed by atoms with Crippen LogP contribution >= 0.6 is 15.9 Å². The molecule has 2 aromatic heterocycles. The zero-order valence-electron chi connectivity index (χ0n) is 9.58. The molecule has 3 heterocycles. The fourth-order valence-electron chi connectivity index (χ4n) is 2.06. The van der Waals surface area contributed by atoms with Gasteiger partial charge in [-0.25, -0.2) is 9.97 Å². The van der Waals surface area contributed by atoms with Crippen LogP contribution < -0.4 is 0 Å². The normalized spacial score (nSPS) is 14.4. The van der Waals surface area contributed by atoms with Crippen molar-refractivity contribution in [3.05, 3.63) is 46.7 Å². The van der Waals surface area contributed by atoms with Crippen LogP contribution in [0.25, 0.3) is 0 Å². The van der Waals surface area contributed by atoms with Gasteiger partial charge in [0.15, 0.2) is 0 Å². The summed E-state index contributed by atoms with van der Waals surface area (Å²) in [5, 5.41) is 0. The summed E-state index contributed by atoms with van der Waals surface area (Å²) in [6.07, 6.45) is 5.34. The smallest absolute Gasteiger partial charge is 0.254 e. The summed E-state index contributed by atoms with van der Waals surface area (Å²) in [5.41, 5.74) is 0.650. The molecule has 5 nitrogen and oxygen atoms in total. The first kappa shape index (κ1) is 11.4. The lowest BCUT2D eigenvalue weighted by Gasteiger charge is -2.27. The van der Waals surface area contributed by atoms with E-state index in [1.54, 1.807) is 24.5 Å². The van der Waals surface area contributed by atoms with Crippen LogP contribution in [0.3, 0.4) is 0 Å². The maximum absolute atomic E-state index is 12.3. The highest BCUT2D eigenvalue weighted by Crippen LogP contribution is 2.15. The molecule has 0 fully saturated rings. The van der Waals surface area contributed by atoms with Gasteiger partial charge in [-0.1, -0.05) is 0 Å². The number of hydrogen-bond donors (Lipinski definition) is 0. The molecule has 18 heavy (non-hydrogen) atoms. The molecule has 0 spiro atoms. The van der Waals surface area contributed by atoms with Crippen molar-refractivity contribution in [2.75, 3.05) is 6.54 Å². The molecule has 6 heteroatoms. The second-order valence-electron chi connectivity index (χ2n) is 4.13. The molecule has 0 saturated heterocycles. The maximum atomic E-state index is 12.3. The Morgan fingerprint density at radius 3 is 3.00 bits per heavy atom. The molecule has 0 unspecified atom stereocenters. The van der Waals surface area contributed by atoms with E-state index in [2.05, 4.69) is 30.5 Å². The number of pyridine rings is 1. The predicted octanol–water partition coefficient (Wildman–Crippen LogP) is 1.70. The SMILES string of the molecule is O=C(c1ccnc(Br)c1)N1CCn2ccnc2C1. The van der Waals surface area contributed by atoms with Crippen molar-refractivity contribution < 1.29 is 4.79 Å². The van der Waals surface area contributed by atoms with E-state index in [-0.39, 0.29) is 5.91 Å². The number of imidazole rings is 1. The van der Waals surface area contributed by atoms with E-state index < -0.39 is 0 Å². The van der Waals surface area contributed by atoms with Gasteiger partial charge in [0.2, 0.25) is 0 Å². The van der Waals surface area contributed by atoms with Crippen LogP contribution in [0.1, 0.15) is 16.2 Å². The second kappa shape index (κ2) is 4.53. The Kier molecular flexibility index (Phi) is 2.87. The van der Waals surface area contributed by atoms with Crippen LogP contribution in [0.5, 0.6) is 0 Å². The number of halogens is 1. The van der Waals surface area contributed by atoms with Crippen LogP contribution in [0.4, 0.5) is 0 Å². The topological polar surface area (TPSA) is 51.0 Å². The van der Waals surface area contributed by atoms with E-state index in [1.807, 2.05) is 11.1 Å². The van der Waals surface area contributed by atoms with Gasteiger partial charge in [-0.05, 0) is 28.1 Å². The standard InChI is InChI=1S/C12H11BrN4O/c13-10-7-9(1-2-14-10)12(18)17-6-5-16-4-3-15-11(16)8-17/h1-4,7H,5-6,8H2. The largest absolute Gasteiger partial charge is 0.332 e. The van der Waals surface area contributed by atoms with Gasteiger partial charge in [0, 0.05) is 37.2 Å². The molecular formula is C12H11BrN4O. The molecule has 0 saturated carbocycles. The summed E-state index contributed by atoms with van der Waals surface area (Å²) in [5.74, 6) is 0.954. The molecule has 92 valence electrons. The Morgan fingerprint density at radius 2 is 2.17 bits per heavy atom. The minimum Gasteiger partial charge on any atom is -0.332 e. The average molecular weight is 307 g/mol. The molecule has 0 atom stereocenters.